The third-order valence-corrected chi connectivity index (χ3v) is 4.74. The zero-order valence-corrected chi connectivity index (χ0v) is 14.4. The van der Waals surface area contributed by atoms with E-state index in [1.165, 1.54) is 12.1 Å². The number of nitrogens with zero attached hydrogens (tertiary/aromatic N) is 3. The summed E-state index contributed by atoms with van der Waals surface area (Å²) in [5.41, 5.74) is 8.31. The molecule has 2 aliphatic rings. The lowest BCUT2D eigenvalue weighted by atomic mass is 9.94. The van der Waals surface area contributed by atoms with E-state index in [2.05, 4.69) is 16.0 Å². The van der Waals surface area contributed by atoms with E-state index in [4.69, 9.17) is 5.73 Å². The molecule has 1 unspecified atom stereocenters. The Hall–Kier alpha value is -2.47. The first-order valence-electron chi connectivity index (χ1n) is 8.50. The Morgan fingerprint density at radius 2 is 1.92 bits per heavy atom. The van der Waals surface area contributed by atoms with Crippen molar-refractivity contribution < 1.29 is 9.18 Å². The Balaban J connectivity index is 1.71. The summed E-state index contributed by atoms with van der Waals surface area (Å²) in [6, 6.07) is 6.36. The molecule has 1 aromatic carbocycles. The van der Waals surface area contributed by atoms with E-state index >= 15 is 0 Å². The van der Waals surface area contributed by atoms with Gasteiger partial charge in [-0.2, -0.15) is 0 Å². The zero-order valence-electron chi connectivity index (χ0n) is 14.4. The van der Waals surface area contributed by atoms with Crippen LogP contribution >= 0.6 is 0 Å². The van der Waals surface area contributed by atoms with Crippen molar-refractivity contribution in [1.29, 1.82) is 0 Å². The highest BCUT2D eigenvalue weighted by molar-refractivity contribution is 6.10. The van der Waals surface area contributed by atoms with Crippen molar-refractivity contribution in [3.05, 3.63) is 54.0 Å². The predicted molar refractivity (Wildman–Crippen MR) is 97.1 cm³/mol. The van der Waals surface area contributed by atoms with E-state index < -0.39 is 0 Å². The number of allylic oxidation sites excluding steroid dienone is 1. The Kier molecular flexibility index (Phi) is 5.28. The minimum atomic E-state index is -0.275. The van der Waals surface area contributed by atoms with Crippen molar-refractivity contribution >= 4 is 17.3 Å². The average Bonchev–Trinajstić information content (AvgIpc) is 2.64. The predicted octanol–water partition coefficient (Wildman–Crippen LogP) is 2.23. The van der Waals surface area contributed by atoms with Gasteiger partial charge in [-0.05, 0) is 48.5 Å². The summed E-state index contributed by atoms with van der Waals surface area (Å²) in [6.45, 7) is 4.85. The standard InChI is InChI=1S/C19H23FN4O/c1-14(25)23-8-10-24(11-9-23)18-6-7-19(15(12-18)13-21)22-17-4-2-16(20)3-5-17/h2-7,13,18H,8-12,21H2,1H3. The van der Waals surface area contributed by atoms with E-state index in [-0.39, 0.29) is 17.8 Å². The molecule has 1 heterocycles. The van der Waals surface area contributed by atoms with Gasteiger partial charge in [0.25, 0.3) is 0 Å². The van der Waals surface area contributed by atoms with E-state index in [0.29, 0.717) is 5.69 Å². The van der Waals surface area contributed by atoms with Crippen LogP contribution in [0.1, 0.15) is 13.3 Å². The third-order valence-electron chi connectivity index (χ3n) is 4.74. The molecule has 1 aromatic rings. The molecule has 25 heavy (non-hydrogen) atoms. The van der Waals surface area contributed by atoms with Crippen molar-refractivity contribution in [2.75, 3.05) is 26.2 Å². The lowest BCUT2D eigenvalue weighted by molar-refractivity contribution is -0.130. The van der Waals surface area contributed by atoms with Gasteiger partial charge in [0.2, 0.25) is 5.91 Å². The van der Waals surface area contributed by atoms with Gasteiger partial charge in [-0.15, -0.1) is 0 Å². The molecule has 3 rings (SSSR count). The number of benzene rings is 1. The molecule has 1 aliphatic heterocycles. The quantitative estimate of drug-likeness (QED) is 0.896. The van der Waals surface area contributed by atoms with Gasteiger partial charge in [0.15, 0.2) is 0 Å². The summed E-state index contributed by atoms with van der Waals surface area (Å²) in [4.78, 5) is 20.3. The number of carbonyl (C=O) groups excluding carboxylic acids is 1. The van der Waals surface area contributed by atoms with E-state index in [0.717, 1.165) is 43.9 Å². The SMILES string of the molecule is CC(=O)N1CCN(C2C=CC(=Nc3ccc(F)cc3)C(=CN)C2)CC1. The maximum Gasteiger partial charge on any atom is 0.219 e. The number of nitrogens with two attached hydrogens (primary N) is 1. The third kappa shape index (κ3) is 4.14. The lowest BCUT2D eigenvalue weighted by Gasteiger charge is -2.39. The zero-order chi connectivity index (χ0) is 17.8. The van der Waals surface area contributed by atoms with Crippen LogP contribution in [0, 0.1) is 5.82 Å². The molecule has 0 saturated carbocycles. The van der Waals surface area contributed by atoms with Crippen LogP contribution in [0.15, 0.2) is 53.2 Å². The van der Waals surface area contributed by atoms with Crippen LogP contribution in [0.3, 0.4) is 0 Å². The maximum atomic E-state index is 13.0. The molecule has 0 aromatic heterocycles. The first kappa shape index (κ1) is 17.4. The van der Waals surface area contributed by atoms with E-state index in [9.17, 15) is 9.18 Å². The van der Waals surface area contributed by atoms with Gasteiger partial charge in [0.05, 0.1) is 11.4 Å². The summed E-state index contributed by atoms with van der Waals surface area (Å²) >= 11 is 0. The van der Waals surface area contributed by atoms with Gasteiger partial charge in [-0.25, -0.2) is 9.38 Å². The molecular formula is C19H23FN4O. The fourth-order valence-electron chi connectivity index (χ4n) is 3.24. The van der Waals surface area contributed by atoms with Gasteiger partial charge >= 0.3 is 0 Å². The van der Waals surface area contributed by atoms with Crippen molar-refractivity contribution in [2.45, 2.75) is 19.4 Å². The summed E-state index contributed by atoms with van der Waals surface area (Å²) in [7, 11) is 0. The number of hydrogen-bond donors (Lipinski definition) is 1. The van der Waals surface area contributed by atoms with Crippen molar-refractivity contribution in [2.24, 2.45) is 10.7 Å². The molecule has 1 aliphatic carbocycles. The van der Waals surface area contributed by atoms with E-state index in [1.807, 2.05) is 11.0 Å². The molecule has 6 heteroatoms. The van der Waals surface area contributed by atoms with Crippen LogP contribution in [0.5, 0.6) is 0 Å². The fourth-order valence-corrected chi connectivity index (χ4v) is 3.24. The number of amides is 1. The van der Waals surface area contributed by atoms with Gasteiger partial charge in [-0.3, -0.25) is 9.69 Å². The van der Waals surface area contributed by atoms with E-state index in [1.54, 1.807) is 25.3 Å². The van der Waals surface area contributed by atoms with Crippen LogP contribution in [-0.2, 0) is 4.79 Å². The van der Waals surface area contributed by atoms with Gasteiger partial charge in [0, 0.05) is 39.1 Å². The molecular weight excluding hydrogens is 319 g/mol. The molecule has 0 spiro atoms. The molecule has 1 saturated heterocycles. The summed E-state index contributed by atoms with van der Waals surface area (Å²) < 4.78 is 13.0. The minimum Gasteiger partial charge on any atom is -0.404 e. The average molecular weight is 342 g/mol. The highest BCUT2D eigenvalue weighted by atomic mass is 19.1. The smallest absolute Gasteiger partial charge is 0.219 e. The Morgan fingerprint density at radius 3 is 2.52 bits per heavy atom. The number of rotatable bonds is 2. The van der Waals surface area contributed by atoms with Crippen LogP contribution in [0.25, 0.3) is 0 Å². The second kappa shape index (κ2) is 7.61. The van der Waals surface area contributed by atoms with Gasteiger partial charge in [0.1, 0.15) is 5.82 Å². The number of aliphatic imine (C=N–C) groups is 1. The highest BCUT2D eigenvalue weighted by Gasteiger charge is 2.26. The number of carbonyl (C=O) groups is 1. The molecule has 1 fully saturated rings. The summed E-state index contributed by atoms with van der Waals surface area (Å²) in [6.07, 6.45) is 6.50. The fraction of sp³-hybridized carbons (Fsp3) is 0.368. The second-order valence-electron chi connectivity index (χ2n) is 6.34. The Bertz CT molecular complexity index is 715. The largest absolute Gasteiger partial charge is 0.404 e. The summed E-state index contributed by atoms with van der Waals surface area (Å²) in [5, 5.41) is 0. The monoisotopic (exact) mass is 342 g/mol. The van der Waals surface area contributed by atoms with Gasteiger partial charge in [-0.1, -0.05) is 6.08 Å². The Labute approximate surface area is 147 Å². The first-order valence-corrected chi connectivity index (χ1v) is 8.50. The van der Waals surface area contributed by atoms with Gasteiger partial charge < -0.3 is 10.6 Å². The molecule has 132 valence electrons. The van der Waals surface area contributed by atoms with Crippen LogP contribution < -0.4 is 5.73 Å². The normalized spacial score (nSPS) is 24.9. The van der Waals surface area contributed by atoms with Crippen LogP contribution in [0.4, 0.5) is 10.1 Å². The number of halogens is 1. The van der Waals surface area contributed by atoms with Crippen molar-refractivity contribution in [3.63, 3.8) is 0 Å². The molecule has 1 atom stereocenters. The molecule has 2 N–H and O–H groups in total. The first-order chi connectivity index (χ1) is 12.1. The highest BCUT2D eigenvalue weighted by Crippen LogP contribution is 2.24. The maximum absolute atomic E-state index is 13.0. The Morgan fingerprint density at radius 1 is 1.24 bits per heavy atom. The van der Waals surface area contributed by atoms with Crippen LogP contribution in [-0.4, -0.2) is 53.6 Å². The molecule has 1 amide bonds. The number of piperazine rings is 1. The van der Waals surface area contributed by atoms with Crippen LogP contribution in [0.2, 0.25) is 0 Å². The lowest BCUT2D eigenvalue weighted by Crippen LogP contribution is -2.51. The van der Waals surface area contributed by atoms with Crippen molar-refractivity contribution in [1.82, 2.24) is 9.80 Å². The number of hydrogen-bond acceptors (Lipinski definition) is 4. The topological polar surface area (TPSA) is 61.9 Å². The van der Waals surface area contributed by atoms with Crippen molar-refractivity contribution in [3.8, 4) is 0 Å². The minimum absolute atomic E-state index is 0.134. The molecule has 0 radical (unpaired) electrons. The second-order valence-corrected chi connectivity index (χ2v) is 6.34. The summed E-state index contributed by atoms with van der Waals surface area (Å²) in [5.74, 6) is -0.141. The molecule has 0 bridgehead atoms. The molecule has 5 nitrogen and oxygen atoms in total.